The number of hydrogen-bond donors (Lipinski definition) is 2. The van der Waals surface area contributed by atoms with Gasteiger partial charge in [-0.25, -0.2) is 9.37 Å². The number of aromatic nitrogens is 2. The Kier molecular flexibility index (Phi) is 5.90. The highest BCUT2D eigenvalue weighted by Gasteiger charge is 2.19. The highest BCUT2D eigenvalue weighted by Crippen LogP contribution is 2.12. The molecule has 1 aromatic carbocycles. The zero-order valence-corrected chi connectivity index (χ0v) is 14.7. The maximum atomic E-state index is 12.8. The van der Waals surface area contributed by atoms with Gasteiger partial charge >= 0.3 is 0 Å². The molecule has 0 unspecified atom stereocenters. The number of aromatic amines is 1. The largest absolute Gasteiger partial charge is 0.491 e. The van der Waals surface area contributed by atoms with Gasteiger partial charge in [-0.15, -0.1) is 0 Å². The fraction of sp³-hybridized carbons (Fsp3) is 0.389. The Balaban J connectivity index is 2.01. The minimum absolute atomic E-state index is 0.00182. The summed E-state index contributed by atoms with van der Waals surface area (Å²) in [6.07, 6.45) is 0. The van der Waals surface area contributed by atoms with Crippen LogP contribution in [0.25, 0.3) is 0 Å². The van der Waals surface area contributed by atoms with Crippen molar-refractivity contribution in [1.29, 1.82) is 0 Å². The number of nitrogens with zero attached hydrogens (tertiary/aromatic N) is 1. The molecule has 7 heteroatoms. The number of benzene rings is 1. The average Bonchev–Trinajstić information content (AvgIpc) is 2.53. The SMILES string of the molecule is Cc1nc(C(C)C)[nH]c(=O)c1C(=O)N[C@H](C)COc1ccc(F)cc1. The highest BCUT2D eigenvalue weighted by atomic mass is 19.1. The molecule has 1 amide bonds. The van der Waals surface area contributed by atoms with E-state index >= 15 is 0 Å². The van der Waals surface area contributed by atoms with E-state index in [0.717, 1.165) is 0 Å². The zero-order valence-electron chi connectivity index (χ0n) is 14.7. The lowest BCUT2D eigenvalue weighted by atomic mass is 10.1. The third-order valence-corrected chi connectivity index (χ3v) is 3.58. The van der Waals surface area contributed by atoms with Gasteiger partial charge in [0.25, 0.3) is 11.5 Å². The Morgan fingerprint density at radius 1 is 1.28 bits per heavy atom. The molecular formula is C18H22FN3O3. The fourth-order valence-electron chi connectivity index (χ4n) is 2.24. The van der Waals surface area contributed by atoms with Gasteiger partial charge in [0.05, 0.1) is 11.7 Å². The molecule has 1 heterocycles. The van der Waals surface area contributed by atoms with Crippen LogP contribution in [0.15, 0.2) is 29.1 Å². The molecule has 2 N–H and O–H groups in total. The lowest BCUT2D eigenvalue weighted by molar-refractivity contribution is 0.0924. The van der Waals surface area contributed by atoms with Crippen molar-refractivity contribution in [2.75, 3.05) is 6.61 Å². The monoisotopic (exact) mass is 347 g/mol. The van der Waals surface area contributed by atoms with Gasteiger partial charge in [0.2, 0.25) is 0 Å². The fourth-order valence-corrected chi connectivity index (χ4v) is 2.24. The number of amides is 1. The number of carbonyl (C=O) groups is 1. The molecule has 0 spiro atoms. The summed E-state index contributed by atoms with van der Waals surface area (Å²) in [5.74, 6) is 0.260. The average molecular weight is 347 g/mol. The Morgan fingerprint density at radius 3 is 2.48 bits per heavy atom. The molecule has 2 aromatic rings. The van der Waals surface area contributed by atoms with Crippen LogP contribution in [0, 0.1) is 12.7 Å². The first-order chi connectivity index (χ1) is 11.8. The summed E-state index contributed by atoms with van der Waals surface area (Å²) in [6, 6.07) is 5.26. The molecule has 2 rings (SSSR count). The normalized spacial score (nSPS) is 12.1. The second kappa shape index (κ2) is 7.92. The van der Waals surface area contributed by atoms with Gasteiger partial charge in [-0.2, -0.15) is 0 Å². The third kappa shape index (κ3) is 4.89. The molecule has 0 saturated heterocycles. The van der Waals surface area contributed by atoms with Gasteiger partial charge in [-0.3, -0.25) is 9.59 Å². The summed E-state index contributed by atoms with van der Waals surface area (Å²) in [5.41, 5.74) is -0.0741. The summed E-state index contributed by atoms with van der Waals surface area (Å²) < 4.78 is 18.3. The molecule has 0 radical (unpaired) electrons. The Bertz CT molecular complexity index is 800. The van der Waals surface area contributed by atoms with Crippen molar-refractivity contribution >= 4 is 5.91 Å². The molecule has 0 aliphatic rings. The van der Waals surface area contributed by atoms with Crippen LogP contribution in [0.3, 0.4) is 0 Å². The predicted molar refractivity (Wildman–Crippen MR) is 92.5 cm³/mol. The van der Waals surface area contributed by atoms with E-state index in [1.807, 2.05) is 13.8 Å². The molecule has 0 fully saturated rings. The Hall–Kier alpha value is -2.70. The molecule has 0 aliphatic carbocycles. The second-order valence-corrected chi connectivity index (χ2v) is 6.21. The molecular weight excluding hydrogens is 325 g/mol. The van der Waals surface area contributed by atoms with Crippen LogP contribution in [0.1, 0.15) is 48.6 Å². The van der Waals surface area contributed by atoms with E-state index in [0.29, 0.717) is 17.3 Å². The number of aryl methyl sites for hydroxylation is 1. The van der Waals surface area contributed by atoms with Crippen LogP contribution in [-0.2, 0) is 0 Å². The molecule has 1 aromatic heterocycles. The van der Waals surface area contributed by atoms with Gasteiger partial charge in [0, 0.05) is 5.92 Å². The van der Waals surface area contributed by atoms with Gasteiger partial charge in [-0.1, -0.05) is 13.8 Å². The highest BCUT2D eigenvalue weighted by molar-refractivity contribution is 5.94. The Morgan fingerprint density at radius 2 is 1.92 bits per heavy atom. The van der Waals surface area contributed by atoms with E-state index in [9.17, 15) is 14.0 Å². The van der Waals surface area contributed by atoms with Crippen molar-refractivity contribution in [2.24, 2.45) is 0 Å². The molecule has 6 nitrogen and oxygen atoms in total. The van der Waals surface area contributed by atoms with E-state index in [-0.39, 0.29) is 29.9 Å². The molecule has 25 heavy (non-hydrogen) atoms. The van der Waals surface area contributed by atoms with Crippen molar-refractivity contribution in [3.05, 3.63) is 57.5 Å². The van der Waals surface area contributed by atoms with Crippen LogP contribution >= 0.6 is 0 Å². The van der Waals surface area contributed by atoms with Crippen molar-refractivity contribution in [1.82, 2.24) is 15.3 Å². The molecule has 0 saturated carbocycles. The van der Waals surface area contributed by atoms with E-state index < -0.39 is 11.5 Å². The topological polar surface area (TPSA) is 84.1 Å². The first kappa shape index (κ1) is 18.6. The second-order valence-electron chi connectivity index (χ2n) is 6.21. The van der Waals surface area contributed by atoms with Crippen LogP contribution in [0.4, 0.5) is 4.39 Å². The first-order valence-corrected chi connectivity index (χ1v) is 8.08. The van der Waals surface area contributed by atoms with E-state index in [1.54, 1.807) is 13.8 Å². The molecule has 1 atom stereocenters. The summed E-state index contributed by atoms with van der Waals surface area (Å²) in [7, 11) is 0. The van der Waals surface area contributed by atoms with Crippen molar-refractivity contribution in [2.45, 2.75) is 39.7 Å². The lowest BCUT2D eigenvalue weighted by Gasteiger charge is -2.16. The summed E-state index contributed by atoms with van der Waals surface area (Å²) in [5, 5.41) is 2.71. The van der Waals surface area contributed by atoms with Crippen molar-refractivity contribution in [3.8, 4) is 5.75 Å². The van der Waals surface area contributed by atoms with Crippen molar-refractivity contribution in [3.63, 3.8) is 0 Å². The number of ether oxygens (including phenoxy) is 1. The van der Waals surface area contributed by atoms with E-state index in [2.05, 4.69) is 15.3 Å². The minimum Gasteiger partial charge on any atom is -0.491 e. The Labute approximate surface area is 145 Å². The van der Waals surface area contributed by atoms with Gasteiger partial charge in [0.15, 0.2) is 0 Å². The van der Waals surface area contributed by atoms with Crippen LogP contribution in [0.2, 0.25) is 0 Å². The number of carbonyl (C=O) groups excluding carboxylic acids is 1. The summed E-state index contributed by atoms with van der Waals surface area (Å²) in [4.78, 5) is 31.5. The molecule has 0 aliphatic heterocycles. The molecule has 0 bridgehead atoms. The van der Waals surface area contributed by atoms with Gasteiger partial charge < -0.3 is 15.0 Å². The maximum Gasteiger partial charge on any atom is 0.264 e. The van der Waals surface area contributed by atoms with E-state index in [1.165, 1.54) is 24.3 Å². The quantitative estimate of drug-likeness (QED) is 0.841. The van der Waals surface area contributed by atoms with E-state index in [4.69, 9.17) is 4.74 Å². The third-order valence-electron chi connectivity index (χ3n) is 3.58. The predicted octanol–water partition coefficient (Wildman–Crippen LogP) is 2.54. The minimum atomic E-state index is -0.503. The lowest BCUT2D eigenvalue weighted by Crippen LogP contribution is -2.40. The smallest absolute Gasteiger partial charge is 0.264 e. The van der Waals surface area contributed by atoms with Gasteiger partial charge in [-0.05, 0) is 38.1 Å². The van der Waals surface area contributed by atoms with Crippen LogP contribution < -0.4 is 15.6 Å². The first-order valence-electron chi connectivity index (χ1n) is 8.08. The number of rotatable bonds is 6. The van der Waals surface area contributed by atoms with Crippen LogP contribution in [-0.4, -0.2) is 28.5 Å². The standard InChI is InChI=1S/C18H22FN3O3/c1-10(2)16-21-12(4)15(18(24)22-16)17(23)20-11(3)9-25-14-7-5-13(19)6-8-14/h5-8,10-11H,9H2,1-4H3,(H,20,23)(H,21,22,24)/t11-/m1/s1. The number of H-pyrrole nitrogens is 1. The number of nitrogens with one attached hydrogen (secondary N) is 2. The number of hydrogen-bond acceptors (Lipinski definition) is 4. The summed E-state index contributed by atoms with van der Waals surface area (Å²) >= 11 is 0. The maximum absolute atomic E-state index is 12.8. The van der Waals surface area contributed by atoms with Crippen LogP contribution in [0.5, 0.6) is 5.75 Å². The summed E-state index contributed by atoms with van der Waals surface area (Å²) in [6.45, 7) is 7.39. The van der Waals surface area contributed by atoms with Crippen molar-refractivity contribution < 1.29 is 13.9 Å². The van der Waals surface area contributed by atoms with Gasteiger partial charge in [0.1, 0.15) is 29.6 Å². The molecule has 134 valence electrons. The zero-order chi connectivity index (χ0) is 18.6. The number of halogens is 1.